The fourth-order valence-electron chi connectivity index (χ4n) is 9.81. The summed E-state index contributed by atoms with van der Waals surface area (Å²) in [7, 11) is 0. The average Bonchev–Trinajstić information content (AvgIpc) is 3.25. The molecule has 4 aliphatic rings. The Morgan fingerprint density at radius 3 is 2.49 bits per heavy atom. The van der Waals surface area contributed by atoms with Crippen molar-refractivity contribution >= 4 is 5.97 Å². The molecule has 0 aromatic heterocycles. The zero-order chi connectivity index (χ0) is 26.4. The predicted octanol–water partition coefficient (Wildman–Crippen LogP) is 6.69. The van der Waals surface area contributed by atoms with Crippen molar-refractivity contribution in [2.75, 3.05) is 0 Å². The van der Waals surface area contributed by atoms with Crippen molar-refractivity contribution in [2.24, 2.45) is 46.3 Å². The highest BCUT2D eigenvalue weighted by atomic mass is 16.5. The minimum atomic E-state index is -0.384. The molecule has 4 heteroatoms. The highest BCUT2D eigenvalue weighted by Gasteiger charge is 2.63. The van der Waals surface area contributed by atoms with Gasteiger partial charge in [-0.3, -0.25) is 4.79 Å². The topological polar surface area (TPSA) is 66.8 Å². The van der Waals surface area contributed by atoms with E-state index in [0.717, 1.165) is 31.2 Å². The lowest BCUT2D eigenvalue weighted by Gasteiger charge is -2.63. The van der Waals surface area contributed by atoms with Crippen LogP contribution in [0.1, 0.15) is 91.0 Å². The fraction of sp³-hybridized carbons (Fsp3) is 0.727. The van der Waals surface area contributed by atoms with E-state index < -0.39 is 0 Å². The molecule has 5 rings (SSSR count). The second-order valence-corrected chi connectivity index (χ2v) is 13.4. The number of hydrogen-bond acceptors (Lipinski definition) is 4. The van der Waals surface area contributed by atoms with Crippen LogP contribution in [-0.4, -0.2) is 28.4 Å². The fourth-order valence-corrected chi connectivity index (χ4v) is 9.81. The molecular weight excluding hydrogens is 460 g/mol. The summed E-state index contributed by atoms with van der Waals surface area (Å²) in [6.45, 7) is 9.73. The third kappa shape index (κ3) is 4.71. The molecule has 4 saturated carbocycles. The summed E-state index contributed by atoms with van der Waals surface area (Å²) < 4.78 is 5.55. The standard InChI is InChI=1S/C33H48O4/c1-5-24-28-19-23(34)15-17-33(28,4)27-16-18-32(3)25(12-13-26(32)30(27)31(24)36)21(2)11-14-29(35)37-20-22-9-7-6-8-10-22/h5-10,21,23,25-28,30-31,34,36H,11-20H2,1-4H3/b24-5-/t21-,23-,25-,26+,27+,28+,30+,31-,32-,33-/m0/s1. The lowest BCUT2D eigenvalue weighted by Crippen LogP contribution is -2.59. The molecule has 0 amide bonds. The van der Waals surface area contributed by atoms with E-state index in [1.807, 2.05) is 30.3 Å². The predicted molar refractivity (Wildman–Crippen MR) is 146 cm³/mol. The van der Waals surface area contributed by atoms with Gasteiger partial charge in [-0.2, -0.15) is 0 Å². The Hall–Kier alpha value is -1.65. The molecule has 4 aliphatic carbocycles. The normalized spacial score (nSPS) is 43.0. The molecule has 0 aliphatic heterocycles. The van der Waals surface area contributed by atoms with Gasteiger partial charge in [0.15, 0.2) is 0 Å². The Bertz CT molecular complexity index is 987. The van der Waals surface area contributed by atoms with Crippen LogP contribution < -0.4 is 0 Å². The largest absolute Gasteiger partial charge is 0.461 e. The Balaban J connectivity index is 1.26. The van der Waals surface area contributed by atoms with Crippen LogP contribution in [0.3, 0.4) is 0 Å². The smallest absolute Gasteiger partial charge is 0.306 e. The van der Waals surface area contributed by atoms with Crippen molar-refractivity contribution in [2.45, 2.75) is 104 Å². The average molecular weight is 509 g/mol. The molecule has 4 nitrogen and oxygen atoms in total. The van der Waals surface area contributed by atoms with Crippen LogP contribution in [0.15, 0.2) is 42.0 Å². The maximum Gasteiger partial charge on any atom is 0.306 e. The number of ether oxygens (including phenoxy) is 1. The second kappa shape index (κ2) is 10.5. The Kier molecular flexibility index (Phi) is 7.64. The summed E-state index contributed by atoms with van der Waals surface area (Å²) in [5, 5.41) is 22.3. The van der Waals surface area contributed by atoms with Gasteiger partial charge in [0.2, 0.25) is 0 Å². The zero-order valence-corrected chi connectivity index (χ0v) is 23.4. The highest BCUT2D eigenvalue weighted by Crippen LogP contribution is 2.69. The molecule has 0 saturated heterocycles. The molecule has 0 unspecified atom stereocenters. The molecule has 1 aromatic rings. The molecule has 0 bridgehead atoms. The molecule has 204 valence electrons. The summed E-state index contributed by atoms with van der Waals surface area (Å²) in [6.07, 6.45) is 10.4. The van der Waals surface area contributed by atoms with E-state index in [-0.39, 0.29) is 29.0 Å². The van der Waals surface area contributed by atoms with E-state index in [9.17, 15) is 15.0 Å². The zero-order valence-electron chi connectivity index (χ0n) is 23.4. The minimum Gasteiger partial charge on any atom is -0.461 e. The molecule has 10 atom stereocenters. The Labute approximate surface area is 223 Å². The SMILES string of the molecule is C/C=C1/[C@H]2C[C@@H](O)CC[C@@]2(C)[C@@H]2CC[C@]3(C)[C@H](CC[C@H]3[C@@H](C)CCC(=O)OCc3ccccc3)[C@H]2[C@H]1O. The van der Waals surface area contributed by atoms with Gasteiger partial charge in [0.1, 0.15) is 6.61 Å². The molecule has 37 heavy (non-hydrogen) atoms. The summed E-state index contributed by atoms with van der Waals surface area (Å²) in [6, 6.07) is 9.89. The van der Waals surface area contributed by atoms with Crippen LogP contribution in [0.5, 0.6) is 0 Å². The van der Waals surface area contributed by atoms with Crippen LogP contribution in [0.2, 0.25) is 0 Å². The molecule has 0 heterocycles. The maximum atomic E-state index is 12.5. The van der Waals surface area contributed by atoms with Crippen molar-refractivity contribution in [3.8, 4) is 0 Å². The number of rotatable bonds is 6. The number of hydrogen-bond donors (Lipinski definition) is 2. The molecule has 2 N–H and O–H groups in total. The summed E-state index contributed by atoms with van der Waals surface area (Å²) in [5.74, 6) is 2.63. The van der Waals surface area contributed by atoms with Gasteiger partial charge >= 0.3 is 5.97 Å². The van der Waals surface area contributed by atoms with Crippen molar-refractivity contribution in [1.82, 2.24) is 0 Å². The number of aliphatic hydroxyl groups excluding tert-OH is 2. The van der Waals surface area contributed by atoms with Crippen LogP contribution in [0.4, 0.5) is 0 Å². The molecular formula is C33H48O4. The number of benzene rings is 1. The first-order chi connectivity index (χ1) is 17.7. The third-order valence-electron chi connectivity index (χ3n) is 11.7. The molecule has 0 radical (unpaired) electrons. The first-order valence-electron chi connectivity index (χ1n) is 14.9. The van der Waals surface area contributed by atoms with Gasteiger partial charge in [0.25, 0.3) is 0 Å². The first-order valence-corrected chi connectivity index (χ1v) is 14.9. The minimum absolute atomic E-state index is 0.0991. The number of carbonyl (C=O) groups is 1. The number of allylic oxidation sites excluding steroid dienone is 1. The number of aliphatic hydroxyl groups is 2. The van der Waals surface area contributed by atoms with Gasteiger partial charge in [-0.15, -0.1) is 0 Å². The van der Waals surface area contributed by atoms with Gasteiger partial charge in [-0.1, -0.05) is 57.2 Å². The van der Waals surface area contributed by atoms with E-state index in [1.54, 1.807) is 0 Å². The van der Waals surface area contributed by atoms with Crippen LogP contribution in [0, 0.1) is 46.3 Å². The quantitative estimate of drug-likeness (QED) is 0.332. The molecule has 4 fully saturated rings. The number of esters is 1. The monoisotopic (exact) mass is 508 g/mol. The van der Waals surface area contributed by atoms with Crippen molar-refractivity contribution in [1.29, 1.82) is 0 Å². The second-order valence-electron chi connectivity index (χ2n) is 13.4. The Morgan fingerprint density at radius 1 is 1.05 bits per heavy atom. The highest BCUT2D eigenvalue weighted by molar-refractivity contribution is 5.69. The van der Waals surface area contributed by atoms with Crippen LogP contribution in [-0.2, 0) is 16.1 Å². The van der Waals surface area contributed by atoms with E-state index in [1.165, 1.54) is 31.3 Å². The number of carbonyl (C=O) groups excluding carboxylic acids is 1. The summed E-state index contributed by atoms with van der Waals surface area (Å²) >= 11 is 0. The van der Waals surface area contributed by atoms with Gasteiger partial charge in [0, 0.05) is 6.42 Å². The van der Waals surface area contributed by atoms with E-state index in [2.05, 4.69) is 33.8 Å². The molecule has 1 aromatic carbocycles. The van der Waals surface area contributed by atoms with Crippen LogP contribution in [0.25, 0.3) is 0 Å². The van der Waals surface area contributed by atoms with Gasteiger partial charge in [-0.05, 0) is 116 Å². The lowest BCUT2D eigenvalue weighted by atomic mass is 9.42. The summed E-state index contributed by atoms with van der Waals surface area (Å²) in [4.78, 5) is 12.5. The van der Waals surface area contributed by atoms with Crippen LogP contribution >= 0.6 is 0 Å². The lowest BCUT2D eigenvalue weighted by molar-refractivity contribution is -0.149. The van der Waals surface area contributed by atoms with E-state index >= 15 is 0 Å². The van der Waals surface area contributed by atoms with Gasteiger partial charge in [0.05, 0.1) is 12.2 Å². The van der Waals surface area contributed by atoms with E-state index in [0.29, 0.717) is 48.5 Å². The van der Waals surface area contributed by atoms with Gasteiger partial charge in [-0.25, -0.2) is 0 Å². The molecule has 0 spiro atoms. The van der Waals surface area contributed by atoms with Gasteiger partial charge < -0.3 is 14.9 Å². The van der Waals surface area contributed by atoms with Crippen molar-refractivity contribution < 1.29 is 19.7 Å². The van der Waals surface area contributed by atoms with E-state index in [4.69, 9.17) is 4.74 Å². The summed E-state index contributed by atoms with van der Waals surface area (Å²) in [5.41, 5.74) is 2.62. The number of fused-ring (bicyclic) bond motifs is 5. The van der Waals surface area contributed by atoms with Crippen molar-refractivity contribution in [3.05, 3.63) is 47.5 Å². The third-order valence-corrected chi connectivity index (χ3v) is 11.7. The maximum absolute atomic E-state index is 12.5. The first kappa shape index (κ1) is 26.9. The Morgan fingerprint density at radius 2 is 1.76 bits per heavy atom. The van der Waals surface area contributed by atoms with Crippen molar-refractivity contribution in [3.63, 3.8) is 0 Å².